The Bertz CT molecular complexity index is 505. The highest BCUT2D eigenvalue weighted by Gasteiger charge is 2.11. The van der Waals surface area contributed by atoms with Crippen LogP contribution in [0.1, 0.15) is 11.7 Å². The molecule has 0 aliphatic carbocycles. The van der Waals surface area contributed by atoms with Gasteiger partial charge in [-0.1, -0.05) is 36.4 Å². The molecule has 0 bridgehead atoms. The van der Waals surface area contributed by atoms with Crippen molar-refractivity contribution in [2.75, 3.05) is 13.7 Å². The third-order valence-corrected chi connectivity index (χ3v) is 2.89. The maximum Gasteiger partial charge on any atom is 0.118 e. The molecule has 0 aliphatic heterocycles. The molecule has 0 spiro atoms. The zero-order valence-corrected chi connectivity index (χ0v) is 10.2. The molecule has 0 radical (unpaired) electrons. The van der Waals surface area contributed by atoms with Crippen molar-refractivity contribution in [3.05, 3.63) is 54.1 Å². The van der Waals surface area contributed by atoms with Crippen LogP contribution in [0.15, 0.2) is 48.5 Å². The number of hydrogen-bond donors (Lipinski definition) is 2. The number of ether oxygens (including phenoxy) is 1. The molecule has 0 heterocycles. The minimum Gasteiger partial charge on any atom is -0.497 e. The first-order valence-corrected chi connectivity index (χ1v) is 5.78. The van der Waals surface area contributed by atoms with Gasteiger partial charge < -0.3 is 14.9 Å². The number of methoxy groups -OCH3 is 1. The van der Waals surface area contributed by atoms with E-state index in [1.807, 2.05) is 48.5 Å². The van der Waals surface area contributed by atoms with Crippen molar-refractivity contribution in [2.45, 2.75) is 6.10 Å². The molecule has 0 amide bonds. The van der Waals surface area contributed by atoms with Crippen molar-refractivity contribution >= 4 is 0 Å². The van der Waals surface area contributed by atoms with Gasteiger partial charge in [0.25, 0.3) is 0 Å². The Morgan fingerprint density at radius 3 is 2.33 bits per heavy atom. The molecule has 2 aromatic carbocycles. The molecule has 0 saturated carbocycles. The molecule has 0 unspecified atom stereocenters. The summed E-state index contributed by atoms with van der Waals surface area (Å²) in [4.78, 5) is 0. The number of rotatable bonds is 4. The fraction of sp³-hybridized carbons (Fsp3) is 0.200. The summed E-state index contributed by atoms with van der Waals surface area (Å²) in [6, 6.07) is 15.1. The van der Waals surface area contributed by atoms with Gasteiger partial charge in [-0.05, 0) is 28.8 Å². The molecule has 0 saturated heterocycles. The highest BCUT2D eigenvalue weighted by atomic mass is 16.5. The van der Waals surface area contributed by atoms with E-state index in [9.17, 15) is 5.11 Å². The fourth-order valence-electron chi connectivity index (χ4n) is 1.92. The van der Waals surface area contributed by atoms with Crippen LogP contribution < -0.4 is 4.74 Å². The van der Waals surface area contributed by atoms with E-state index in [2.05, 4.69) is 0 Å². The zero-order valence-electron chi connectivity index (χ0n) is 10.2. The molecular formula is C15H16O3. The van der Waals surface area contributed by atoms with Gasteiger partial charge >= 0.3 is 0 Å². The lowest BCUT2D eigenvalue weighted by Gasteiger charge is -2.14. The predicted molar refractivity (Wildman–Crippen MR) is 70.5 cm³/mol. The first-order chi connectivity index (χ1) is 8.76. The van der Waals surface area contributed by atoms with Gasteiger partial charge in [0.05, 0.1) is 13.7 Å². The highest BCUT2D eigenvalue weighted by molar-refractivity contribution is 5.68. The van der Waals surface area contributed by atoms with E-state index in [0.717, 1.165) is 22.4 Å². The van der Waals surface area contributed by atoms with E-state index in [4.69, 9.17) is 9.84 Å². The van der Waals surface area contributed by atoms with Crippen LogP contribution in [0, 0.1) is 0 Å². The van der Waals surface area contributed by atoms with E-state index in [0.29, 0.717) is 0 Å². The predicted octanol–water partition coefficient (Wildman–Crippen LogP) is 2.39. The zero-order chi connectivity index (χ0) is 13.0. The standard InChI is InChI=1S/C15H16O3/c1-18-12-8-6-11(7-9-12)13-4-2-3-5-14(13)15(17)10-16/h2-9,15-17H,10H2,1H3/t15-/m0/s1. The minimum atomic E-state index is -0.858. The number of benzene rings is 2. The van der Waals surface area contributed by atoms with Crippen LogP contribution in [0.2, 0.25) is 0 Å². The Morgan fingerprint density at radius 2 is 1.72 bits per heavy atom. The van der Waals surface area contributed by atoms with Crippen LogP contribution in [0.4, 0.5) is 0 Å². The quantitative estimate of drug-likeness (QED) is 0.868. The van der Waals surface area contributed by atoms with Crippen molar-refractivity contribution in [1.82, 2.24) is 0 Å². The summed E-state index contributed by atoms with van der Waals surface area (Å²) in [6.45, 7) is -0.285. The largest absolute Gasteiger partial charge is 0.497 e. The topological polar surface area (TPSA) is 49.7 Å². The molecule has 3 nitrogen and oxygen atoms in total. The molecule has 2 N–H and O–H groups in total. The van der Waals surface area contributed by atoms with Gasteiger partial charge in [-0.2, -0.15) is 0 Å². The third-order valence-electron chi connectivity index (χ3n) is 2.89. The van der Waals surface area contributed by atoms with Gasteiger partial charge in [-0.25, -0.2) is 0 Å². The molecule has 1 atom stereocenters. The molecule has 94 valence electrons. The third kappa shape index (κ3) is 2.53. The highest BCUT2D eigenvalue weighted by Crippen LogP contribution is 2.29. The van der Waals surface area contributed by atoms with E-state index in [1.54, 1.807) is 7.11 Å². The Balaban J connectivity index is 2.43. The number of aliphatic hydroxyl groups is 2. The maximum atomic E-state index is 9.80. The molecule has 18 heavy (non-hydrogen) atoms. The van der Waals surface area contributed by atoms with E-state index in [-0.39, 0.29) is 6.61 Å². The molecule has 0 aliphatic rings. The van der Waals surface area contributed by atoms with Crippen LogP contribution in [0.5, 0.6) is 5.75 Å². The van der Waals surface area contributed by atoms with Gasteiger partial charge in [0.1, 0.15) is 11.9 Å². The summed E-state index contributed by atoms with van der Waals surface area (Å²) >= 11 is 0. The fourth-order valence-corrected chi connectivity index (χ4v) is 1.92. The van der Waals surface area contributed by atoms with Crippen molar-refractivity contribution < 1.29 is 14.9 Å². The van der Waals surface area contributed by atoms with Gasteiger partial charge in [-0.3, -0.25) is 0 Å². The molecule has 0 aromatic heterocycles. The number of aliphatic hydroxyl groups excluding tert-OH is 2. The van der Waals surface area contributed by atoms with Gasteiger partial charge in [0.2, 0.25) is 0 Å². The van der Waals surface area contributed by atoms with Crippen LogP contribution in [-0.2, 0) is 0 Å². The Labute approximate surface area is 106 Å². The smallest absolute Gasteiger partial charge is 0.118 e. The summed E-state index contributed by atoms with van der Waals surface area (Å²) in [7, 11) is 1.62. The molecule has 0 fully saturated rings. The summed E-state index contributed by atoms with van der Waals surface area (Å²) < 4.78 is 5.11. The first kappa shape index (κ1) is 12.6. The summed E-state index contributed by atoms with van der Waals surface area (Å²) in [5.41, 5.74) is 2.63. The van der Waals surface area contributed by atoms with E-state index < -0.39 is 6.10 Å². The Hall–Kier alpha value is -1.84. The lowest BCUT2D eigenvalue weighted by atomic mass is 9.96. The molecule has 2 rings (SSSR count). The van der Waals surface area contributed by atoms with Crippen LogP contribution in [0.3, 0.4) is 0 Å². The average Bonchev–Trinajstić information content (AvgIpc) is 2.46. The van der Waals surface area contributed by atoms with Crippen molar-refractivity contribution in [1.29, 1.82) is 0 Å². The van der Waals surface area contributed by atoms with Crippen LogP contribution >= 0.6 is 0 Å². The SMILES string of the molecule is COc1ccc(-c2ccccc2[C@@H](O)CO)cc1. The van der Waals surface area contributed by atoms with Gasteiger partial charge in [-0.15, -0.1) is 0 Å². The molecular weight excluding hydrogens is 228 g/mol. The summed E-state index contributed by atoms with van der Waals surface area (Å²) in [6.07, 6.45) is -0.858. The normalized spacial score (nSPS) is 12.2. The van der Waals surface area contributed by atoms with Gasteiger partial charge in [0.15, 0.2) is 0 Å². The molecule has 3 heteroatoms. The lowest BCUT2D eigenvalue weighted by Crippen LogP contribution is -2.04. The van der Waals surface area contributed by atoms with Gasteiger partial charge in [0, 0.05) is 0 Å². The minimum absolute atomic E-state index is 0.285. The van der Waals surface area contributed by atoms with Crippen molar-refractivity contribution in [2.24, 2.45) is 0 Å². The Kier molecular flexibility index (Phi) is 3.97. The monoisotopic (exact) mass is 244 g/mol. The van der Waals surface area contributed by atoms with Crippen molar-refractivity contribution in [3.63, 3.8) is 0 Å². The second-order valence-corrected chi connectivity index (χ2v) is 4.01. The first-order valence-electron chi connectivity index (χ1n) is 5.78. The van der Waals surface area contributed by atoms with Crippen LogP contribution in [0.25, 0.3) is 11.1 Å². The van der Waals surface area contributed by atoms with Crippen molar-refractivity contribution in [3.8, 4) is 16.9 Å². The van der Waals surface area contributed by atoms with E-state index >= 15 is 0 Å². The summed E-state index contributed by atoms with van der Waals surface area (Å²) in [5, 5.41) is 18.9. The second kappa shape index (κ2) is 5.67. The number of hydrogen-bond acceptors (Lipinski definition) is 3. The second-order valence-electron chi connectivity index (χ2n) is 4.01. The Morgan fingerprint density at radius 1 is 1.06 bits per heavy atom. The molecule has 2 aromatic rings. The van der Waals surface area contributed by atoms with E-state index in [1.165, 1.54) is 0 Å². The lowest BCUT2D eigenvalue weighted by molar-refractivity contribution is 0.0960. The summed E-state index contributed by atoms with van der Waals surface area (Å²) in [5.74, 6) is 0.791. The average molecular weight is 244 g/mol. The van der Waals surface area contributed by atoms with Crippen LogP contribution in [-0.4, -0.2) is 23.9 Å². The maximum absolute atomic E-state index is 9.80.